The smallest absolute Gasteiger partial charge is 0.175 e. The second-order valence-corrected chi connectivity index (χ2v) is 5.98. The van der Waals surface area contributed by atoms with Crippen molar-refractivity contribution in [3.05, 3.63) is 52.0 Å². The van der Waals surface area contributed by atoms with Crippen molar-refractivity contribution in [2.45, 2.75) is 13.3 Å². The molecule has 0 amide bonds. The first-order chi connectivity index (χ1) is 12.0. The zero-order chi connectivity index (χ0) is 18.2. The zero-order valence-corrected chi connectivity index (χ0v) is 15.5. The third-order valence-electron chi connectivity index (χ3n) is 3.21. The third-order valence-corrected chi connectivity index (χ3v) is 3.80. The van der Waals surface area contributed by atoms with E-state index in [2.05, 4.69) is 26.5 Å². The van der Waals surface area contributed by atoms with Crippen molar-refractivity contribution >= 4 is 33.8 Å². The first-order valence-electron chi connectivity index (χ1n) is 7.66. The van der Waals surface area contributed by atoms with Crippen LogP contribution in [-0.2, 0) is 0 Å². The number of hydrogen-bond acceptors (Lipinski definition) is 6. The SMILES string of the molecule is CCCOc1c(Br)cc(/C=N\Nc2cccc(C(=O)[O-])c2)cc1OC. The second-order valence-electron chi connectivity index (χ2n) is 5.12. The number of carbonyl (C=O) groups is 1. The molecule has 0 aliphatic heterocycles. The van der Waals surface area contributed by atoms with Gasteiger partial charge in [-0.05, 0) is 57.7 Å². The standard InChI is InChI=1S/C18H19BrN2O4/c1-3-7-25-17-15(19)8-12(9-16(17)24-2)11-20-21-14-6-4-5-13(10-14)18(22)23/h4-6,8-11,21H,3,7H2,1-2H3,(H,22,23)/p-1/b20-11-. The van der Waals surface area contributed by atoms with E-state index in [0.29, 0.717) is 23.8 Å². The van der Waals surface area contributed by atoms with Crippen molar-refractivity contribution in [3.8, 4) is 11.5 Å². The van der Waals surface area contributed by atoms with Crippen molar-refractivity contribution in [2.24, 2.45) is 5.10 Å². The number of halogens is 1. The number of carbonyl (C=O) groups excluding carboxylic acids is 1. The van der Waals surface area contributed by atoms with Crippen LogP contribution < -0.4 is 20.0 Å². The first kappa shape index (κ1) is 18.8. The van der Waals surface area contributed by atoms with E-state index in [0.717, 1.165) is 16.5 Å². The number of ether oxygens (including phenoxy) is 2. The number of nitrogens with one attached hydrogen (secondary N) is 1. The average Bonchev–Trinajstić information content (AvgIpc) is 2.60. The van der Waals surface area contributed by atoms with Gasteiger partial charge in [-0.25, -0.2) is 0 Å². The zero-order valence-electron chi connectivity index (χ0n) is 13.9. The summed E-state index contributed by atoms with van der Waals surface area (Å²) in [5.74, 6) is 0.0170. The molecule has 2 aromatic rings. The van der Waals surface area contributed by atoms with E-state index in [1.807, 2.05) is 13.0 Å². The minimum atomic E-state index is -1.23. The molecule has 0 aliphatic carbocycles. The highest BCUT2D eigenvalue weighted by atomic mass is 79.9. The molecule has 2 rings (SSSR count). The monoisotopic (exact) mass is 405 g/mol. The fraction of sp³-hybridized carbons (Fsp3) is 0.222. The number of aromatic carboxylic acids is 1. The van der Waals surface area contributed by atoms with Gasteiger partial charge in [-0.15, -0.1) is 0 Å². The van der Waals surface area contributed by atoms with Crippen LogP contribution in [0.3, 0.4) is 0 Å². The lowest BCUT2D eigenvalue weighted by atomic mass is 10.2. The molecule has 0 aliphatic rings. The number of hydrogen-bond donors (Lipinski definition) is 1. The van der Waals surface area contributed by atoms with Crippen molar-refractivity contribution < 1.29 is 19.4 Å². The van der Waals surface area contributed by atoms with Gasteiger partial charge >= 0.3 is 0 Å². The Labute approximate surface area is 154 Å². The number of rotatable bonds is 8. The summed E-state index contributed by atoms with van der Waals surface area (Å²) in [5.41, 5.74) is 4.21. The summed E-state index contributed by atoms with van der Waals surface area (Å²) in [5, 5.41) is 15.0. The fourth-order valence-corrected chi connectivity index (χ4v) is 2.63. The van der Waals surface area contributed by atoms with Gasteiger partial charge in [0.15, 0.2) is 11.5 Å². The average molecular weight is 406 g/mol. The van der Waals surface area contributed by atoms with Crippen LogP contribution in [0.25, 0.3) is 0 Å². The molecule has 0 unspecified atom stereocenters. The topological polar surface area (TPSA) is 83.0 Å². The Bertz CT molecular complexity index is 778. The Morgan fingerprint density at radius 1 is 1.36 bits per heavy atom. The highest BCUT2D eigenvalue weighted by Gasteiger charge is 2.10. The Morgan fingerprint density at radius 2 is 2.16 bits per heavy atom. The highest BCUT2D eigenvalue weighted by molar-refractivity contribution is 9.10. The molecular formula is C18H18BrN2O4-. The quantitative estimate of drug-likeness (QED) is 0.538. The minimum Gasteiger partial charge on any atom is -0.545 e. The van der Waals surface area contributed by atoms with E-state index in [-0.39, 0.29) is 5.56 Å². The molecule has 132 valence electrons. The van der Waals surface area contributed by atoms with E-state index >= 15 is 0 Å². The van der Waals surface area contributed by atoms with E-state index in [9.17, 15) is 9.90 Å². The summed E-state index contributed by atoms with van der Waals surface area (Å²) in [6.07, 6.45) is 2.50. The largest absolute Gasteiger partial charge is 0.545 e. The van der Waals surface area contributed by atoms with E-state index in [1.165, 1.54) is 12.1 Å². The fourth-order valence-electron chi connectivity index (χ4n) is 2.06. The lowest BCUT2D eigenvalue weighted by Crippen LogP contribution is -2.22. The summed E-state index contributed by atoms with van der Waals surface area (Å²) in [6.45, 7) is 2.63. The maximum atomic E-state index is 10.9. The summed E-state index contributed by atoms with van der Waals surface area (Å²) in [6, 6.07) is 9.89. The number of carboxylic acid groups (broad SMARTS) is 1. The molecular weight excluding hydrogens is 388 g/mol. The molecule has 7 heteroatoms. The summed E-state index contributed by atoms with van der Waals surface area (Å²) < 4.78 is 11.8. The molecule has 0 radical (unpaired) electrons. The molecule has 0 atom stereocenters. The van der Waals surface area contributed by atoms with Gasteiger partial charge in [-0.2, -0.15) is 5.10 Å². The first-order valence-corrected chi connectivity index (χ1v) is 8.45. The van der Waals surface area contributed by atoms with Crippen molar-refractivity contribution in [2.75, 3.05) is 19.1 Å². The van der Waals surface area contributed by atoms with Gasteiger partial charge in [0, 0.05) is 0 Å². The Morgan fingerprint density at radius 3 is 2.84 bits per heavy atom. The Hall–Kier alpha value is -2.54. The van der Waals surface area contributed by atoms with Crippen LogP contribution in [-0.4, -0.2) is 25.9 Å². The molecule has 0 fully saturated rings. The highest BCUT2D eigenvalue weighted by Crippen LogP contribution is 2.36. The van der Waals surface area contributed by atoms with E-state index in [4.69, 9.17) is 9.47 Å². The predicted molar refractivity (Wildman–Crippen MR) is 98.5 cm³/mol. The molecule has 0 spiro atoms. The summed E-state index contributed by atoms with van der Waals surface area (Å²) in [7, 11) is 1.57. The van der Waals surface area contributed by atoms with Crippen LogP contribution in [0, 0.1) is 0 Å². The summed E-state index contributed by atoms with van der Waals surface area (Å²) in [4.78, 5) is 10.9. The number of hydrazone groups is 1. The van der Waals surface area contributed by atoms with E-state index in [1.54, 1.807) is 31.5 Å². The molecule has 0 aromatic heterocycles. The van der Waals surface area contributed by atoms with Gasteiger partial charge in [0.05, 0.1) is 36.1 Å². The number of benzene rings is 2. The maximum Gasteiger partial charge on any atom is 0.175 e. The maximum absolute atomic E-state index is 10.9. The number of methoxy groups -OCH3 is 1. The molecule has 0 saturated carbocycles. The Balaban J connectivity index is 2.14. The van der Waals surface area contributed by atoms with Gasteiger partial charge in [0.25, 0.3) is 0 Å². The lowest BCUT2D eigenvalue weighted by molar-refractivity contribution is -0.255. The van der Waals surface area contributed by atoms with Gasteiger partial charge in [0.1, 0.15) is 0 Å². The minimum absolute atomic E-state index is 0.0852. The number of nitrogens with zero attached hydrogens (tertiary/aromatic N) is 1. The molecule has 25 heavy (non-hydrogen) atoms. The van der Waals surface area contributed by atoms with Crippen molar-refractivity contribution in [1.29, 1.82) is 0 Å². The Kier molecular flexibility index (Phi) is 6.82. The van der Waals surface area contributed by atoms with Crippen molar-refractivity contribution in [1.82, 2.24) is 0 Å². The number of carboxylic acids is 1. The van der Waals surface area contributed by atoms with E-state index < -0.39 is 5.97 Å². The molecule has 6 nitrogen and oxygen atoms in total. The molecule has 0 heterocycles. The van der Waals surface area contributed by atoms with Crippen LogP contribution >= 0.6 is 15.9 Å². The van der Waals surface area contributed by atoms with Crippen LogP contribution in [0.2, 0.25) is 0 Å². The lowest BCUT2D eigenvalue weighted by Gasteiger charge is -2.12. The molecule has 2 aromatic carbocycles. The van der Waals surface area contributed by atoms with Gasteiger partial charge in [-0.1, -0.05) is 19.1 Å². The van der Waals surface area contributed by atoms with Crippen LogP contribution in [0.4, 0.5) is 5.69 Å². The second kappa shape index (κ2) is 9.08. The van der Waals surface area contributed by atoms with Gasteiger partial charge in [0.2, 0.25) is 0 Å². The third kappa shape index (κ3) is 5.22. The predicted octanol–water partition coefficient (Wildman–Crippen LogP) is 3.06. The van der Waals surface area contributed by atoms with Crippen LogP contribution in [0.15, 0.2) is 46.0 Å². The van der Waals surface area contributed by atoms with Crippen LogP contribution in [0.1, 0.15) is 29.3 Å². The molecule has 1 N–H and O–H groups in total. The van der Waals surface area contributed by atoms with Crippen LogP contribution in [0.5, 0.6) is 11.5 Å². The van der Waals surface area contributed by atoms with Gasteiger partial charge in [-0.3, -0.25) is 5.43 Å². The molecule has 0 saturated heterocycles. The molecule has 0 bridgehead atoms. The number of anilines is 1. The van der Waals surface area contributed by atoms with Crippen molar-refractivity contribution in [3.63, 3.8) is 0 Å². The summed E-state index contributed by atoms with van der Waals surface area (Å²) >= 11 is 3.47. The normalized spacial score (nSPS) is 10.7. The van der Waals surface area contributed by atoms with Gasteiger partial charge < -0.3 is 19.4 Å².